The van der Waals surface area contributed by atoms with E-state index in [4.69, 9.17) is 4.74 Å². The highest BCUT2D eigenvalue weighted by molar-refractivity contribution is 5.74. The van der Waals surface area contributed by atoms with E-state index in [1.807, 2.05) is 32.0 Å². The van der Waals surface area contributed by atoms with E-state index in [9.17, 15) is 13.9 Å². The lowest BCUT2D eigenvalue weighted by atomic mass is 10.0. The number of benzene rings is 2. The fraction of sp³-hybridized carbons (Fsp3) is 0.250. The van der Waals surface area contributed by atoms with Gasteiger partial charge in [0.1, 0.15) is 17.4 Å². The van der Waals surface area contributed by atoms with Crippen LogP contribution >= 0.6 is 0 Å². The fourth-order valence-corrected chi connectivity index (χ4v) is 3.24. The molecule has 0 aliphatic heterocycles. The van der Waals surface area contributed by atoms with E-state index in [1.165, 1.54) is 5.56 Å². The third-order valence-electron chi connectivity index (χ3n) is 5.02. The van der Waals surface area contributed by atoms with Crippen LogP contribution in [0.2, 0.25) is 0 Å². The molecule has 0 radical (unpaired) electrons. The number of aromatic nitrogens is 3. The minimum Gasteiger partial charge on any atom is -0.437 e. The molecule has 2 aromatic carbocycles. The Hall–Kier alpha value is -3.52. The maximum Gasteiger partial charge on any atom is 0.239 e. The highest BCUT2D eigenvalue weighted by Gasteiger charge is 2.18. The number of nitrogens with zero attached hydrogens (tertiary/aromatic N) is 3. The zero-order valence-corrected chi connectivity index (χ0v) is 18.3. The maximum atomic E-state index is 13.6. The van der Waals surface area contributed by atoms with Gasteiger partial charge in [-0.3, -0.25) is 0 Å². The average Bonchev–Trinajstić information content (AvgIpc) is 3.11. The van der Waals surface area contributed by atoms with Crippen molar-refractivity contribution in [2.24, 2.45) is 0 Å². The molecule has 0 saturated heterocycles. The number of hydrogen-bond donors (Lipinski definition) is 2. The molecule has 2 heterocycles. The Bertz CT molecular complexity index is 1280. The van der Waals surface area contributed by atoms with Crippen molar-refractivity contribution < 1.29 is 18.6 Å². The first-order chi connectivity index (χ1) is 15.1. The summed E-state index contributed by atoms with van der Waals surface area (Å²) in [5, 5.41) is 17.8. The Morgan fingerprint density at radius 1 is 1.03 bits per heavy atom. The van der Waals surface area contributed by atoms with Gasteiger partial charge in [-0.1, -0.05) is 12.1 Å². The van der Waals surface area contributed by atoms with Crippen LogP contribution in [0, 0.1) is 25.5 Å². The third-order valence-corrected chi connectivity index (χ3v) is 5.02. The summed E-state index contributed by atoms with van der Waals surface area (Å²) in [6.45, 7) is 7.66. The molecule has 0 spiro atoms. The molecule has 0 unspecified atom stereocenters. The molecular formula is C24H24F2N4O2. The molecule has 166 valence electrons. The molecule has 8 heteroatoms. The van der Waals surface area contributed by atoms with Crippen LogP contribution < -0.4 is 10.1 Å². The normalized spacial score (nSPS) is 11.7. The topological polar surface area (TPSA) is 71.7 Å². The molecule has 0 atom stereocenters. The Kier molecular flexibility index (Phi) is 5.56. The predicted molar refractivity (Wildman–Crippen MR) is 119 cm³/mol. The number of rotatable bonds is 6. The van der Waals surface area contributed by atoms with E-state index in [0.29, 0.717) is 11.3 Å². The highest BCUT2D eigenvalue weighted by atomic mass is 19.1. The van der Waals surface area contributed by atoms with Crippen molar-refractivity contribution in [1.29, 1.82) is 0 Å². The van der Waals surface area contributed by atoms with E-state index in [0.717, 1.165) is 35.0 Å². The van der Waals surface area contributed by atoms with Crippen molar-refractivity contribution in [3.8, 4) is 22.9 Å². The zero-order valence-electron chi connectivity index (χ0n) is 18.3. The van der Waals surface area contributed by atoms with Gasteiger partial charge in [-0.25, -0.2) is 18.3 Å². The quantitative estimate of drug-likeness (QED) is 0.429. The molecule has 32 heavy (non-hydrogen) atoms. The van der Waals surface area contributed by atoms with Gasteiger partial charge in [-0.2, -0.15) is 0 Å². The van der Waals surface area contributed by atoms with Crippen molar-refractivity contribution in [2.75, 3.05) is 11.9 Å². The second-order valence-electron chi connectivity index (χ2n) is 8.45. The first-order valence-corrected chi connectivity index (χ1v) is 10.2. The molecular weight excluding hydrogens is 414 g/mol. The Morgan fingerprint density at radius 3 is 2.41 bits per heavy atom. The van der Waals surface area contributed by atoms with E-state index >= 15 is 0 Å². The van der Waals surface area contributed by atoms with E-state index < -0.39 is 17.2 Å². The summed E-state index contributed by atoms with van der Waals surface area (Å²) in [6.07, 6.45) is 1.70. The van der Waals surface area contributed by atoms with Crippen LogP contribution in [0.25, 0.3) is 16.9 Å². The number of aryl methyl sites for hydroxylation is 2. The lowest BCUT2D eigenvalue weighted by Gasteiger charge is -2.19. The maximum absolute atomic E-state index is 13.6. The molecule has 0 saturated carbocycles. The third kappa shape index (κ3) is 4.70. The monoisotopic (exact) mass is 438 g/mol. The first-order valence-electron chi connectivity index (χ1n) is 10.2. The van der Waals surface area contributed by atoms with Crippen molar-refractivity contribution in [2.45, 2.75) is 33.3 Å². The fourth-order valence-electron chi connectivity index (χ4n) is 3.24. The second-order valence-corrected chi connectivity index (χ2v) is 8.45. The standard InChI is InChI=1S/C24H24F2N4O2/c1-14-5-6-16(7-15(14)2)21-12-27-23-20(28-13-24(3,4)31)11-22(29-30(21)23)32-19-9-17(25)8-18(26)10-19/h5-12,28,31H,13H2,1-4H3. The summed E-state index contributed by atoms with van der Waals surface area (Å²) in [7, 11) is 0. The van der Waals surface area contributed by atoms with Gasteiger partial charge in [0.05, 0.1) is 23.2 Å². The minimum absolute atomic E-state index is 0.0179. The summed E-state index contributed by atoms with van der Waals surface area (Å²) < 4.78 is 34.5. The summed E-state index contributed by atoms with van der Waals surface area (Å²) in [5.74, 6) is -1.40. The van der Waals surface area contributed by atoms with Gasteiger partial charge in [0, 0.05) is 36.4 Å². The number of aliphatic hydroxyl groups is 1. The van der Waals surface area contributed by atoms with E-state index in [1.54, 1.807) is 30.6 Å². The molecule has 0 fully saturated rings. The molecule has 4 aromatic rings. The molecule has 6 nitrogen and oxygen atoms in total. The van der Waals surface area contributed by atoms with Gasteiger partial charge in [0.25, 0.3) is 0 Å². The van der Waals surface area contributed by atoms with Crippen LogP contribution in [-0.4, -0.2) is 31.9 Å². The lowest BCUT2D eigenvalue weighted by Crippen LogP contribution is -2.29. The molecule has 4 rings (SSSR count). The van der Waals surface area contributed by atoms with Crippen molar-refractivity contribution in [1.82, 2.24) is 14.6 Å². The van der Waals surface area contributed by atoms with E-state index in [2.05, 4.69) is 15.4 Å². The van der Waals surface area contributed by atoms with Gasteiger partial charge < -0.3 is 15.2 Å². The number of nitrogens with one attached hydrogen (secondary N) is 1. The summed E-state index contributed by atoms with van der Waals surface area (Å²) in [4.78, 5) is 4.50. The average molecular weight is 438 g/mol. The van der Waals surface area contributed by atoms with Crippen molar-refractivity contribution >= 4 is 11.3 Å². The van der Waals surface area contributed by atoms with Gasteiger partial charge in [-0.15, -0.1) is 5.10 Å². The van der Waals surface area contributed by atoms with Crippen LogP contribution in [0.5, 0.6) is 11.6 Å². The van der Waals surface area contributed by atoms with Gasteiger partial charge >= 0.3 is 0 Å². The van der Waals surface area contributed by atoms with Crippen molar-refractivity contribution in [3.05, 3.63) is 71.4 Å². The molecule has 2 aromatic heterocycles. The Morgan fingerprint density at radius 2 is 1.75 bits per heavy atom. The number of imidazole rings is 1. The number of hydrogen-bond acceptors (Lipinski definition) is 5. The summed E-state index contributed by atoms with van der Waals surface area (Å²) in [5.41, 5.74) is 4.04. The summed E-state index contributed by atoms with van der Waals surface area (Å²) in [6, 6.07) is 10.6. The highest BCUT2D eigenvalue weighted by Crippen LogP contribution is 2.30. The second kappa shape index (κ2) is 8.20. The lowest BCUT2D eigenvalue weighted by molar-refractivity contribution is 0.0945. The number of fused-ring (bicyclic) bond motifs is 1. The van der Waals surface area contributed by atoms with Gasteiger partial charge in [0.15, 0.2) is 5.65 Å². The molecule has 0 amide bonds. The first kappa shape index (κ1) is 21.7. The van der Waals surface area contributed by atoms with Crippen LogP contribution in [0.15, 0.2) is 48.7 Å². The van der Waals surface area contributed by atoms with Crippen LogP contribution in [-0.2, 0) is 0 Å². The van der Waals surface area contributed by atoms with Crippen LogP contribution in [0.3, 0.4) is 0 Å². The Labute approximate surface area is 184 Å². The van der Waals surface area contributed by atoms with E-state index in [-0.39, 0.29) is 18.2 Å². The molecule has 0 bridgehead atoms. The molecule has 0 aliphatic rings. The summed E-state index contributed by atoms with van der Waals surface area (Å²) >= 11 is 0. The SMILES string of the molecule is Cc1ccc(-c2cnc3c(NCC(C)(C)O)cc(Oc4cc(F)cc(F)c4)nn23)cc1C. The Balaban J connectivity index is 1.83. The van der Waals surface area contributed by atoms with Crippen LogP contribution in [0.4, 0.5) is 14.5 Å². The largest absolute Gasteiger partial charge is 0.437 e. The number of halogens is 2. The van der Waals surface area contributed by atoms with Crippen LogP contribution in [0.1, 0.15) is 25.0 Å². The van der Waals surface area contributed by atoms with Crippen molar-refractivity contribution in [3.63, 3.8) is 0 Å². The number of anilines is 1. The smallest absolute Gasteiger partial charge is 0.239 e. The number of ether oxygens (including phenoxy) is 1. The minimum atomic E-state index is -0.976. The van der Waals surface area contributed by atoms with Gasteiger partial charge in [-0.05, 0) is 44.9 Å². The zero-order chi connectivity index (χ0) is 23.0. The molecule has 2 N–H and O–H groups in total. The molecule has 0 aliphatic carbocycles. The van der Waals surface area contributed by atoms with Gasteiger partial charge in [0.2, 0.25) is 5.88 Å². The predicted octanol–water partition coefficient (Wildman–Crippen LogP) is 5.27.